The van der Waals surface area contributed by atoms with E-state index in [9.17, 15) is 0 Å². The Morgan fingerprint density at radius 1 is 1.15 bits per heavy atom. The molecule has 5 heteroatoms. The monoisotopic (exact) mass is 268 g/mol. The molecule has 0 aliphatic rings. The highest BCUT2D eigenvalue weighted by atomic mass is 16.4. The van der Waals surface area contributed by atoms with Crippen molar-refractivity contribution in [3.8, 4) is 0 Å². The van der Waals surface area contributed by atoms with Crippen molar-refractivity contribution in [3.05, 3.63) is 47.8 Å². The fourth-order valence-electron chi connectivity index (χ4n) is 2.29. The summed E-state index contributed by atoms with van der Waals surface area (Å²) in [5.41, 5.74) is 3.10. The predicted octanol–water partition coefficient (Wildman–Crippen LogP) is 2.87. The number of fused-ring (bicyclic) bond motifs is 1. The van der Waals surface area contributed by atoms with Crippen molar-refractivity contribution in [1.82, 2.24) is 15.2 Å². The van der Waals surface area contributed by atoms with Gasteiger partial charge in [0, 0.05) is 30.7 Å². The molecule has 0 unspecified atom stereocenters. The first-order valence-electron chi connectivity index (χ1n) is 6.50. The van der Waals surface area contributed by atoms with E-state index in [-0.39, 0.29) is 0 Å². The zero-order valence-electron chi connectivity index (χ0n) is 11.8. The lowest BCUT2D eigenvalue weighted by molar-refractivity contribution is 0.466. The van der Waals surface area contributed by atoms with Gasteiger partial charge in [0.25, 0.3) is 0 Å². The van der Waals surface area contributed by atoms with Crippen molar-refractivity contribution in [2.45, 2.75) is 20.4 Å². The lowest BCUT2D eigenvalue weighted by atomic mass is 10.1. The minimum atomic E-state index is 0.578. The molecule has 20 heavy (non-hydrogen) atoms. The summed E-state index contributed by atoms with van der Waals surface area (Å²) in [6.45, 7) is 4.37. The van der Waals surface area contributed by atoms with Gasteiger partial charge in [0.2, 0.25) is 11.8 Å². The van der Waals surface area contributed by atoms with Crippen LogP contribution in [0, 0.1) is 13.8 Å². The summed E-state index contributed by atoms with van der Waals surface area (Å²) in [6.07, 6.45) is 0. The van der Waals surface area contributed by atoms with Crippen LogP contribution in [0.5, 0.6) is 0 Å². The first kappa shape index (κ1) is 12.6. The van der Waals surface area contributed by atoms with Crippen LogP contribution in [0.4, 0.5) is 5.69 Å². The maximum atomic E-state index is 5.44. The second-order valence-corrected chi connectivity index (χ2v) is 4.87. The summed E-state index contributed by atoms with van der Waals surface area (Å²) >= 11 is 0. The Balaban J connectivity index is 2.00. The molecule has 0 aliphatic heterocycles. The van der Waals surface area contributed by atoms with Gasteiger partial charge in [-0.25, -0.2) is 0 Å². The number of rotatable bonds is 3. The molecule has 0 amide bonds. The first-order valence-corrected chi connectivity index (χ1v) is 6.50. The van der Waals surface area contributed by atoms with Crippen molar-refractivity contribution in [2.75, 3.05) is 11.9 Å². The molecule has 0 spiro atoms. The van der Waals surface area contributed by atoms with Gasteiger partial charge in [-0.1, -0.05) is 18.2 Å². The number of aryl methyl sites for hydroxylation is 2. The van der Waals surface area contributed by atoms with Crippen molar-refractivity contribution < 1.29 is 4.42 Å². The molecule has 0 bridgehead atoms. The Bertz CT molecular complexity index is 750. The fraction of sp³-hybridized carbons (Fsp3) is 0.267. The molecule has 3 rings (SSSR count). The summed E-state index contributed by atoms with van der Waals surface area (Å²) in [4.78, 5) is 6.65. The minimum Gasteiger partial charge on any atom is -0.424 e. The zero-order valence-corrected chi connectivity index (χ0v) is 11.8. The largest absolute Gasteiger partial charge is 0.424 e. The smallest absolute Gasteiger partial charge is 0.235 e. The average molecular weight is 268 g/mol. The standard InChI is InChI=1S/C15H16N4O/c1-10-8-14(12-6-4-5-7-13(12)16-10)19(3)9-15-18-17-11(2)20-15/h4-8H,9H2,1-3H3. The van der Waals surface area contributed by atoms with Gasteiger partial charge in [-0.05, 0) is 19.1 Å². The summed E-state index contributed by atoms with van der Waals surface area (Å²) in [7, 11) is 2.01. The summed E-state index contributed by atoms with van der Waals surface area (Å²) in [6, 6.07) is 10.2. The SMILES string of the molecule is Cc1cc(N(C)Cc2nnc(C)o2)c2ccccc2n1. The van der Waals surface area contributed by atoms with E-state index in [4.69, 9.17) is 4.42 Å². The Kier molecular flexibility index (Phi) is 3.10. The van der Waals surface area contributed by atoms with Crippen LogP contribution in [-0.2, 0) is 6.54 Å². The van der Waals surface area contributed by atoms with Crippen LogP contribution in [0.3, 0.4) is 0 Å². The number of benzene rings is 1. The van der Waals surface area contributed by atoms with Gasteiger partial charge in [-0.3, -0.25) is 4.98 Å². The van der Waals surface area contributed by atoms with Crippen molar-refractivity contribution in [1.29, 1.82) is 0 Å². The Labute approximate surface area is 117 Å². The molecule has 0 N–H and O–H groups in total. The van der Waals surface area contributed by atoms with Gasteiger partial charge in [0.05, 0.1) is 12.1 Å². The topological polar surface area (TPSA) is 55.1 Å². The molecule has 0 atom stereocenters. The van der Waals surface area contributed by atoms with Gasteiger partial charge < -0.3 is 9.32 Å². The van der Waals surface area contributed by atoms with E-state index in [1.54, 1.807) is 6.92 Å². The van der Waals surface area contributed by atoms with Gasteiger partial charge >= 0.3 is 0 Å². The number of hydrogen-bond acceptors (Lipinski definition) is 5. The highest BCUT2D eigenvalue weighted by Crippen LogP contribution is 2.26. The predicted molar refractivity (Wildman–Crippen MR) is 77.6 cm³/mol. The molecule has 1 aromatic carbocycles. The lowest BCUT2D eigenvalue weighted by Gasteiger charge is -2.19. The number of para-hydroxylation sites is 1. The van der Waals surface area contributed by atoms with Gasteiger partial charge in [-0.2, -0.15) is 0 Å². The molecule has 0 radical (unpaired) electrons. The van der Waals surface area contributed by atoms with Crippen LogP contribution < -0.4 is 4.90 Å². The highest BCUT2D eigenvalue weighted by molar-refractivity contribution is 5.91. The second kappa shape index (κ2) is 4.92. The molecule has 3 aromatic rings. The highest BCUT2D eigenvalue weighted by Gasteiger charge is 2.11. The number of nitrogens with zero attached hydrogens (tertiary/aromatic N) is 4. The molecule has 0 fully saturated rings. The molecule has 2 heterocycles. The molecule has 0 saturated carbocycles. The normalized spacial score (nSPS) is 10.9. The lowest BCUT2D eigenvalue weighted by Crippen LogP contribution is -2.17. The van der Waals surface area contributed by atoms with Crippen LogP contribution in [0.25, 0.3) is 10.9 Å². The minimum absolute atomic E-state index is 0.578. The van der Waals surface area contributed by atoms with E-state index in [1.165, 1.54) is 0 Å². The van der Waals surface area contributed by atoms with Crippen LogP contribution in [-0.4, -0.2) is 22.2 Å². The van der Waals surface area contributed by atoms with Crippen molar-refractivity contribution >= 4 is 16.6 Å². The van der Waals surface area contributed by atoms with Crippen molar-refractivity contribution in [3.63, 3.8) is 0 Å². The maximum Gasteiger partial charge on any atom is 0.235 e. The molecular weight excluding hydrogens is 252 g/mol. The van der Waals surface area contributed by atoms with E-state index >= 15 is 0 Å². The number of pyridine rings is 1. The second-order valence-electron chi connectivity index (χ2n) is 4.87. The third-order valence-corrected chi connectivity index (χ3v) is 3.17. The van der Waals surface area contributed by atoms with Crippen molar-refractivity contribution in [2.24, 2.45) is 0 Å². The first-order chi connectivity index (χ1) is 9.63. The molecule has 0 aliphatic carbocycles. The van der Waals surface area contributed by atoms with Crippen LogP contribution in [0.1, 0.15) is 17.5 Å². The third kappa shape index (κ3) is 2.34. The Morgan fingerprint density at radius 2 is 1.95 bits per heavy atom. The van der Waals surface area contributed by atoms with E-state index in [2.05, 4.69) is 32.2 Å². The summed E-state index contributed by atoms with van der Waals surface area (Å²) < 4.78 is 5.44. The zero-order chi connectivity index (χ0) is 14.1. The van der Waals surface area contributed by atoms with Gasteiger partial charge in [-0.15, -0.1) is 10.2 Å². The Morgan fingerprint density at radius 3 is 2.70 bits per heavy atom. The number of anilines is 1. The summed E-state index contributed by atoms with van der Waals surface area (Å²) in [5, 5.41) is 9.02. The maximum absolute atomic E-state index is 5.44. The van der Waals surface area contributed by atoms with E-state index in [0.29, 0.717) is 18.3 Å². The fourth-order valence-corrected chi connectivity index (χ4v) is 2.29. The number of aromatic nitrogens is 3. The molecule has 5 nitrogen and oxygen atoms in total. The molecule has 0 saturated heterocycles. The number of hydrogen-bond donors (Lipinski definition) is 0. The molecule has 2 aromatic heterocycles. The van der Waals surface area contributed by atoms with E-state index in [0.717, 1.165) is 22.3 Å². The summed E-state index contributed by atoms with van der Waals surface area (Å²) in [5.74, 6) is 1.20. The van der Waals surface area contributed by atoms with E-state index in [1.807, 2.05) is 32.2 Å². The van der Waals surface area contributed by atoms with Crippen LogP contribution in [0.2, 0.25) is 0 Å². The average Bonchev–Trinajstić information content (AvgIpc) is 2.83. The van der Waals surface area contributed by atoms with Crippen LogP contribution >= 0.6 is 0 Å². The Hall–Kier alpha value is -2.43. The van der Waals surface area contributed by atoms with Crippen LogP contribution in [0.15, 0.2) is 34.7 Å². The van der Waals surface area contributed by atoms with Gasteiger partial charge in [0.1, 0.15) is 0 Å². The van der Waals surface area contributed by atoms with E-state index < -0.39 is 0 Å². The quantitative estimate of drug-likeness (QED) is 0.731. The third-order valence-electron chi connectivity index (χ3n) is 3.17. The molecular formula is C15H16N4O. The molecule has 102 valence electrons. The van der Waals surface area contributed by atoms with Gasteiger partial charge in [0.15, 0.2) is 0 Å².